The maximum Gasteiger partial charge on any atom is 0.164 e. The first-order valence-electron chi connectivity index (χ1n) is 3.64. The Morgan fingerprint density at radius 1 is 1.73 bits per heavy atom. The van der Waals surface area contributed by atoms with Crippen LogP contribution in [0.5, 0.6) is 0 Å². The molecule has 0 spiro atoms. The van der Waals surface area contributed by atoms with E-state index in [-0.39, 0.29) is 0 Å². The molecule has 0 aliphatic heterocycles. The predicted molar refractivity (Wildman–Crippen MR) is 52.7 cm³/mol. The Bertz CT molecular complexity index is 248. The first-order valence-corrected chi connectivity index (χ1v) is 5.10. The van der Waals surface area contributed by atoms with E-state index in [4.69, 9.17) is 11.6 Å². The fourth-order valence-electron chi connectivity index (χ4n) is 1.03. The minimum Gasteiger partial charge on any atom is -0.270 e. The van der Waals surface area contributed by atoms with Crippen LogP contribution in [0.3, 0.4) is 0 Å². The number of aromatic nitrogens is 2. The molecule has 11 heavy (non-hydrogen) atoms. The Hall–Kier alpha value is 0.230. The number of hydrogen-bond acceptors (Lipinski definition) is 1. The van der Waals surface area contributed by atoms with E-state index in [1.807, 2.05) is 10.9 Å². The lowest BCUT2D eigenvalue weighted by Gasteiger charge is -1.95. The van der Waals surface area contributed by atoms with Crippen LogP contribution >= 0.6 is 34.2 Å². The third-order valence-corrected chi connectivity index (χ3v) is 3.21. The summed E-state index contributed by atoms with van der Waals surface area (Å²) < 4.78 is 2.99. The molecule has 0 aromatic carbocycles. The Kier molecular flexibility index (Phi) is 2.10. The van der Waals surface area contributed by atoms with Gasteiger partial charge in [0.15, 0.2) is 5.15 Å². The molecule has 1 aromatic heterocycles. The molecule has 0 atom stereocenters. The SMILES string of the molecule is Clc1nn(CC2CC2)cc1I. The summed E-state index contributed by atoms with van der Waals surface area (Å²) in [6.07, 6.45) is 4.71. The molecule has 0 saturated heterocycles. The van der Waals surface area contributed by atoms with Gasteiger partial charge in [-0.2, -0.15) is 5.10 Å². The van der Waals surface area contributed by atoms with Gasteiger partial charge >= 0.3 is 0 Å². The highest BCUT2D eigenvalue weighted by Gasteiger charge is 2.22. The van der Waals surface area contributed by atoms with E-state index in [9.17, 15) is 0 Å². The Morgan fingerprint density at radius 3 is 2.91 bits per heavy atom. The molecular formula is C7H8ClIN2. The van der Waals surface area contributed by atoms with Gasteiger partial charge < -0.3 is 0 Å². The second-order valence-corrected chi connectivity index (χ2v) is 4.45. The van der Waals surface area contributed by atoms with Crippen molar-refractivity contribution in [1.29, 1.82) is 0 Å². The number of hydrogen-bond donors (Lipinski definition) is 0. The zero-order valence-corrected chi connectivity index (χ0v) is 8.84. The van der Waals surface area contributed by atoms with Gasteiger partial charge in [-0.05, 0) is 41.4 Å². The lowest BCUT2D eigenvalue weighted by Crippen LogP contribution is -1.99. The average molecular weight is 283 g/mol. The van der Waals surface area contributed by atoms with Crippen molar-refractivity contribution >= 4 is 34.2 Å². The van der Waals surface area contributed by atoms with Gasteiger partial charge in [-0.3, -0.25) is 4.68 Å². The van der Waals surface area contributed by atoms with Crippen LogP contribution in [-0.2, 0) is 6.54 Å². The summed E-state index contributed by atoms with van der Waals surface area (Å²) in [6, 6.07) is 0. The Morgan fingerprint density at radius 2 is 2.45 bits per heavy atom. The van der Waals surface area contributed by atoms with Crippen LogP contribution in [0.25, 0.3) is 0 Å². The summed E-state index contributed by atoms with van der Waals surface area (Å²) in [6.45, 7) is 1.04. The third-order valence-electron chi connectivity index (χ3n) is 1.82. The third kappa shape index (κ3) is 1.87. The van der Waals surface area contributed by atoms with Crippen molar-refractivity contribution in [3.8, 4) is 0 Å². The van der Waals surface area contributed by atoms with E-state index in [1.54, 1.807) is 0 Å². The van der Waals surface area contributed by atoms with E-state index >= 15 is 0 Å². The maximum atomic E-state index is 5.79. The fraction of sp³-hybridized carbons (Fsp3) is 0.571. The molecule has 1 fully saturated rings. The number of halogens is 2. The molecule has 0 N–H and O–H groups in total. The summed E-state index contributed by atoms with van der Waals surface area (Å²) >= 11 is 7.99. The summed E-state index contributed by atoms with van der Waals surface area (Å²) in [4.78, 5) is 0. The van der Waals surface area contributed by atoms with Crippen molar-refractivity contribution in [1.82, 2.24) is 9.78 Å². The molecule has 0 amide bonds. The summed E-state index contributed by atoms with van der Waals surface area (Å²) in [5, 5.41) is 4.80. The fourth-order valence-corrected chi connectivity index (χ4v) is 1.61. The first kappa shape index (κ1) is 7.86. The molecule has 0 unspecified atom stereocenters. The highest BCUT2D eigenvalue weighted by atomic mass is 127. The molecule has 1 aliphatic rings. The topological polar surface area (TPSA) is 17.8 Å². The molecule has 1 aromatic rings. The zero-order valence-electron chi connectivity index (χ0n) is 5.93. The quantitative estimate of drug-likeness (QED) is 0.762. The largest absolute Gasteiger partial charge is 0.270 e. The molecule has 2 rings (SSSR count). The van der Waals surface area contributed by atoms with E-state index in [0.29, 0.717) is 5.15 Å². The van der Waals surface area contributed by atoms with Gasteiger partial charge in [0, 0.05) is 12.7 Å². The number of rotatable bonds is 2. The van der Waals surface area contributed by atoms with Gasteiger partial charge in [-0.25, -0.2) is 0 Å². The number of nitrogens with zero attached hydrogens (tertiary/aromatic N) is 2. The summed E-state index contributed by atoms with van der Waals surface area (Å²) in [7, 11) is 0. The molecule has 2 nitrogen and oxygen atoms in total. The summed E-state index contributed by atoms with van der Waals surface area (Å²) in [5.41, 5.74) is 0. The van der Waals surface area contributed by atoms with Crippen molar-refractivity contribution < 1.29 is 0 Å². The van der Waals surface area contributed by atoms with Crippen molar-refractivity contribution in [3.63, 3.8) is 0 Å². The predicted octanol–water partition coefficient (Wildman–Crippen LogP) is 2.55. The van der Waals surface area contributed by atoms with Crippen molar-refractivity contribution in [3.05, 3.63) is 14.9 Å². The van der Waals surface area contributed by atoms with Gasteiger partial charge in [0.2, 0.25) is 0 Å². The van der Waals surface area contributed by atoms with Crippen molar-refractivity contribution in [2.75, 3.05) is 0 Å². The highest BCUT2D eigenvalue weighted by molar-refractivity contribution is 14.1. The second-order valence-electron chi connectivity index (χ2n) is 2.93. The van der Waals surface area contributed by atoms with Crippen LogP contribution in [-0.4, -0.2) is 9.78 Å². The van der Waals surface area contributed by atoms with E-state index in [0.717, 1.165) is 16.0 Å². The molecule has 1 heterocycles. The lowest BCUT2D eigenvalue weighted by atomic mass is 10.4. The molecule has 0 radical (unpaired) electrons. The Labute approximate surface area is 84.1 Å². The van der Waals surface area contributed by atoms with Crippen molar-refractivity contribution in [2.45, 2.75) is 19.4 Å². The van der Waals surface area contributed by atoms with Crippen LogP contribution in [0.4, 0.5) is 0 Å². The second kappa shape index (κ2) is 2.94. The van der Waals surface area contributed by atoms with Crippen LogP contribution < -0.4 is 0 Å². The van der Waals surface area contributed by atoms with Crippen LogP contribution in [0, 0.1) is 9.49 Å². The molecule has 1 aliphatic carbocycles. The lowest BCUT2D eigenvalue weighted by molar-refractivity contribution is 0.563. The zero-order chi connectivity index (χ0) is 7.84. The van der Waals surface area contributed by atoms with E-state index in [2.05, 4.69) is 27.7 Å². The van der Waals surface area contributed by atoms with E-state index < -0.39 is 0 Å². The normalized spacial score (nSPS) is 17.3. The van der Waals surface area contributed by atoms with Gasteiger partial charge in [0.1, 0.15) is 0 Å². The summed E-state index contributed by atoms with van der Waals surface area (Å²) in [5.74, 6) is 0.863. The van der Waals surface area contributed by atoms with Gasteiger partial charge in [-0.1, -0.05) is 11.6 Å². The molecule has 4 heteroatoms. The molecule has 60 valence electrons. The van der Waals surface area contributed by atoms with Crippen LogP contribution in [0.15, 0.2) is 6.20 Å². The van der Waals surface area contributed by atoms with Gasteiger partial charge in [-0.15, -0.1) is 0 Å². The Balaban J connectivity index is 2.11. The van der Waals surface area contributed by atoms with Gasteiger partial charge in [0.25, 0.3) is 0 Å². The van der Waals surface area contributed by atoms with Crippen molar-refractivity contribution in [2.24, 2.45) is 5.92 Å². The minimum atomic E-state index is 0.631. The highest BCUT2D eigenvalue weighted by Crippen LogP contribution is 2.30. The van der Waals surface area contributed by atoms with Crippen LogP contribution in [0.1, 0.15) is 12.8 Å². The first-order chi connectivity index (χ1) is 5.25. The maximum absolute atomic E-state index is 5.79. The molecule has 0 bridgehead atoms. The van der Waals surface area contributed by atoms with E-state index in [1.165, 1.54) is 12.8 Å². The average Bonchev–Trinajstić information content (AvgIpc) is 2.65. The molecule has 1 saturated carbocycles. The standard InChI is InChI=1S/C7H8ClIN2/c8-7-6(9)4-11(10-7)3-5-1-2-5/h4-5H,1-3H2. The minimum absolute atomic E-state index is 0.631. The smallest absolute Gasteiger partial charge is 0.164 e. The van der Waals surface area contributed by atoms with Crippen LogP contribution in [0.2, 0.25) is 5.15 Å². The molecular weight excluding hydrogens is 274 g/mol. The monoisotopic (exact) mass is 282 g/mol. The van der Waals surface area contributed by atoms with Gasteiger partial charge in [0.05, 0.1) is 3.57 Å².